The van der Waals surface area contributed by atoms with Crippen molar-refractivity contribution in [1.29, 1.82) is 0 Å². The normalized spacial score (nSPS) is 12.5. The van der Waals surface area contributed by atoms with E-state index < -0.39 is 43.1 Å². The second-order valence-corrected chi connectivity index (χ2v) is 6.82. The Morgan fingerprint density at radius 2 is 1.43 bits per heavy atom. The predicted octanol–water partition coefficient (Wildman–Crippen LogP) is 4.89. The molecule has 0 aliphatic rings. The first-order chi connectivity index (χ1) is 13.0. The topological polar surface area (TPSA) is 35.5 Å². The lowest BCUT2D eigenvalue weighted by atomic mass is 10.0. The second-order valence-electron chi connectivity index (χ2n) is 5.54. The Morgan fingerprint density at radius 1 is 0.893 bits per heavy atom. The first-order valence-corrected chi connectivity index (χ1v) is 8.84. The highest BCUT2D eigenvalue weighted by atomic mass is 31.1. The Morgan fingerprint density at radius 3 is 1.89 bits per heavy atom. The maximum atomic E-state index is 13.2. The van der Waals surface area contributed by atoms with E-state index in [-0.39, 0.29) is 11.9 Å². The smallest absolute Gasteiger partial charge is 0.417 e. The molecule has 0 aromatic heterocycles. The molecule has 0 fully saturated rings. The van der Waals surface area contributed by atoms with E-state index >= 15 is 0 Å². The number of carbonyl (C=O) groups excluding carboxylic acids is 1. The lowest BCUT2D eigenvalue weighted by molar-refractivity contribution is -0.143. The third-order valence-corrected chi connectivity index (χ3v) is 4.67. The van der Waals surface area contributed by atoms with Gasteiger partial charge in [-0.05, 0) is 38.2 Å². The molecule has 0 aliphatic carbocycles. The van der Waals surface area contributed by atoms with E-state index in [1.54, 1.807) is 0 Å². The van der Waals surface area contributed by atoms with Crippen molar-refractivity contribution < 1.29 is 40.6 Å². The van der Waals surface area contributed by atoms with E-state index in [0.29, 0.717) is 30.6 Å². The van der Waals surface area contributed by atoms with Gasteiger partial charge < -0.3 is 9.47 Å². The van der Waals surface area contributed by atoms with Crippen molar-refractivity contribution in [3.8, 4) is 5.75 Å². The molecule has 10 heteroatoms. The molecule has 1 unspecified atom stereocenters. The van der Waals surface area contributed by atoms with Crippen LogP contribution in [0.1, 0.15) is 21.5 Å². The molecular formula is C18H15F6O3P. The standard InChI is InChI=1S/C18H15F6O3P/c1-26-9-10-27-11-5-7-12(8-6-11)28-16(25)15-13(17(19,20)21)3-2-4-14(15)18(22,23)24/h2-8,28H,9-10H2,1H3. The molecule has 2 aromatic rings. The van der Waals surface area contributed by atoms with Crippen LogP contribution in [0.2, 0.25) is 0 Å². The molecule has 0 bridgehead atoms. The van der Waals surface area contributed by atoms with Gasteiger partial charge in [-0.1, -0.05) is 18.2 Å². The summed E-state index contributed by atoms with van der Waals surface area (Å²) in [6.07, 6.45) is -10.2. The number of halogens is 6. The van der Waals surface area contributed by atoms with Gasteiger partial charge in [-0.2, -0.15) is 26.3 Å². The zero-order valence-electron chi connectivity index (χ0n) is 14.4. The second kappa shape index (κ2) is 8.92. The number of methoxy groups -OCH3 is 1. The molecule has 2 rings (SSSR count). The van der Waals surface area contributed by atoms with Gasteiger partial charge in [0.15, 0.2) is 5.52 Å². The molecule has 0 amide bonds. The van der Waals surface area contributed by atoms with Gasteiger partial charge in [0.2, 0.25) is 0 Å². The summed E-state index contributed by atoms with van der Waals surface area (Å²) >= 11 is 0. The van der Waals surface area contributed by atoms with Crippen LogP contribution in [0.15, 0.2) is 42.5 Å². The van der Waals surface area contributed by atoms with Gasteiger partial charge >= 0.3 is 12.4 Å². The monoisotopic (exact) mass is 424 g/mol. The van der Waals surface area contributed by atoms with Gasteiger partial charge in [-0.3, -0.25) is 4.79 Å². The number of ether oxygens (including phenoxy) is 2. The van der Waals surface area contributed by atoms with E-state index in [2.05, 4.69) is 0 Å². The molecule has 152 valence electrons. The largest absolute Gasteiger partial charge is 0.491 e. The van der Waals surface area contributed by atoms with Crippen molar-refractivity contribution in [2.75, 3.05) is 20.3 Å². The van der Waals surface area contributed by atoms with Crippen LogP contribution in [0, 0.1) is 0 Å². The number of hydrogen-bond donors (Lipinski definition) is 0. The van der Waals surface area contributed by atoms with E-state index in [1.807, 2.05) is 0 Å². The minimum absolute atomic E-state index is 0.269. The number of benzene rings is 2. The number of carbonyl (C=O) groups is 1. The summed E-state index contributed by atoms with van der Waals surface area (Å²) in [6.45, 7) is 0.612. The van der Waals surface area contributed by atoms with Gasteiger partial charge in [0.1, 0.15) is 12.4 Å². The van der Waals surface area contributed by atoms with E-state index in [1.165, 1.54) is 31.4 Å². The molecule has 0 heterocycles. The summed E-state index contributed by atoms with van der Waals surface area (Å²) in [5, 5.41) is 0.286. The zero-order chi connectivity index (χ0) is 20.9. The van der Waals surface area contributed by atoms with Crippen LogP contribution in [-0.4, -0.2) is 25.8 Å². The fourth-order valence-electron chi connectivity index (χ4n) is 2.34. The lowest BCUT2D eigenvalue weighted by Gasteiger charge is -2.17. The zero-order valence-corrected chi connectivity index (χ0v) is 15.4. The van der Waals surface area contributed by atoms with Crippen LogP contribution in [0.5, 0.6) is 5.75 Å². The molecule has 3 nitrogen and oxygen atoms in total. The van der Waals surface area contributed by atoms with Crippen molar-refractivity contribution >= 4 is 19.4 Å². The quantitative estimate of drug-likeness (QED) is 0.361. The summed E-state index contributed by atoms with van der Waals surface area (Å²) in [5.41, 5.74) is -5.80. The summed E-state index contributed by atoms with van der Waals surface area (Å²) in [7, 11) is 0.579. The first kappa shape index (κ1) is 22.2. The molecule has 0 saturated heterocycles. The lowest BCUT2D eigenvalue weighted by Crippen LogP contribution is -2.19. The van der Waals surface area contributed by atoms with Crippen molar-refractivity contribution in [2.24, 2.45) is 0 Å². The minimum atomic E-state index is -5.09. The third kappa shape index (κ3) is 5.69. The van der Waals surface area contributed by atoms with Gasteiger partial charge in [0.25, 0.3) is 0 Å². The number of rotatable bonds is 7. The van der Waals surface area contributed by atoms with E-state index in [0.717, 1.165) is 0 Å². The van der Waals surface area contributed by atoms with Gasteiger partial charge in [-0.25, -0.2) is 0 Å². The summed E-state index contributed by atoms with van der Waals surface area (Å²) < 4.78 is 89.2. The highest BCUT2D eigenvalue weighted by Crippen LogP contribution is 2.41. The molecule has 0 spiro atoms. The fourth-order valence-corrected chi connectivity index (χ4v) is 3.33. The molecule has 0 aliphatic heterocycles. The van der Waals surface area contributed by atoms with Crippen LogP contribution in [0.25, 0.3) is 0 Å². The van der Waals surface area contributed by atoms with Crippen LogP contribution >= 0.6 is 8.58 Å². The van der Waals surface area contributed by atoms with Crippen LogP contribution in [-0.2, 0) is 17.1 Å². The molecule has 0 N–H and O–H groups in total. The average Bonchev–Trinajstić information content (AvgIpc) is 2.61. The van der Waals surface area contributed by atoms with E-state index in [4.69, 9.17) is 9.47 Å². The Balaban J connectivity index is 2.31. The Hall–Kier alpha value is -2.12. The van der Waals surface area contributed by atoms with Crippen molar-refractivity contribution in [1.82, 2.24) is 0 Å². The van der Waals surface area contributed by atoms with Crippen LogP contribution in [0.4, 0.5) is 26.3 Å². The van der Waals surface area contributed by atoms with E-state index in [9.17, 15) is 31.1 Å². The maximum absolute atomic E-state index is 13.2. The predicted molar refractivity (Wildman–Crippen MR) is 92.5 cm³/mol. The highest BCUT2D eigenvalue weighted by Gasteiger charge is 2.42. The van der Waals surface area contributed by atoms with Gasteiger partial charge in [0, 0.05) is 12.7 Å². The maximum Gasteiger partial charge on any atom is 0.417 e. The third-order valence-electron chi connectivity index (χ3n) is 3.57. The summed E-state index contributed by atoms with van der Waals surface area (Å²) in [4.78, 5) is 12.4. The average molecular weight is 424 g/mol. The summed E-state index contributed by atoms with van der Waals surface area (Å²) in [5.74, 6) is 0.435. The molecule has 28 heavy (non-hydrogen) atoms. The van der Waals surface area contributed by atoms with Crippen LogP contribution < -0.4 is 10.0 Å². The molecule has 0 saturated carbocycles. The summed E-state index contributed by atoms with van der Waals surface area (Å²) in [6, 6.07) is 7.37. The minimum Gasteiger partial charge on any atom is -0.491 e. The van der Waals surface area contributed by atoms with Crippen molar-refractivity contribution in [3.05, 3.63) is 59.2 Å². The Labute approximate surface area is 158 Å². The molecule has 2 aromatic carbocycles. The van der Waals surface area contributed by atoms with Gasteiger partial charge in [-0.15, -0.1) is 0 Å². The molecule has 0 radical (unpaired) electrons. The van der Waals surface area contributed by atoms with Crippen LogP contribution in [0.3, 0.4) is 0 Å². The fraction of sp³-hybridized carbons (Fsp3) is 0.278. The van der Waals surface area contributed by atoms with Gasteiger partial charge in [0.05, 0.1) is 17.7 Å². The SMILES string of the molecule is COCCOc1ccc(PC(=O)c2c(C(F)(F)F)cccc2C(F)(F)F)cc1. The first-order valence-electron chi connectivity index (χ1n) is 7.84. The van der Waals surface area contributed by atoms with Crippen molar-refractivity contribution in [2.45, 2.75) is 12.4 Å². The Bertz CT molecular complexity index is 783. The highest BCUT2D eigenvalue weighted by molar-refractivity contribution is 7.66. The molecular weight excluding hydrogens is 409 g/mol. The van der Waals surface area contributed by atoms with Crippen molar-refractivity contribution in [3.63, 3.8) is 0 Å². The Kier molecular flexibility index (Phi) is 7.06. The molecule has 1 atom stereocenters. The number of alkyl halides is 6. The number of hydrogen-bond acceptors (Lipinski definition) is 3.